The minimum Gasteiger partial charge on any atom is -0.399 e. The van der Waals surface area contributed by atoms with Gasteiger partial charge in [0, 0.05) is 27.7 Å². The van der Waals surface area contributed by atoms with Gasteiger partial charge in [-0.2, -0.15) is 0 Å². The predicted octanol–water partition coefficient (Wildman–Crippen LogP) is 3.87. The summed E-state index contributed by atoms with van der Waals surface area (Å²) in [6.07, 6.45) is 0. The van der Waals surface area contributed by atoms with Crippen molar-refractivity contribution in [2.75, 3.05) is 11.5 Å². The van der Waals surface area contributed by atoms with Crippen LogP contribution in [0, 0.1) is 10.1 Å². The van der Waals surface area contributed by atoms with Crippen molar-refractivity contribution in [3.05, 3.63) is 76.8 Å². The van der Waals surface area contributed by atoms with E-state index in [1.54, 1.807) is 0 Å². The topological polar surface area (TPSA) is 128 Å². The van der Waals surface area contributed by atoms with Crippen molar-refractivity contribution >= 4 is 33.2 Å². The third-order valence-electron chi connectivity index (χ3n) is 3.88. The van der Waals surface area contributed by atoms with Crippen LogP contribution < -0.4 is 11.5 Å². The molecule has 0 spiro atoms. The average molecular weight is 348 g/mol. The number of aromatic nitrogens is 1. The summed E-state index contributed by atoms with van der Waals surface area (Å²) in [4.78, 5) is 13.2. The largest absolute Gasteiger partial charge is 0.399 e. The van der Waals surface area contributed by atoms with Crippen molar-refractivity contribution in [1.29, 1.82) is 0 Å². The maximum absolute atomic E-state index is 8.36. The summed E-state index contributed by atoms with van der Waals surface area (Å²) < 4.78 is 0. The number of hydrogen-bond donors (Lipinski definition) is 3. The lowest BCUT2D eigenvalue weighted by Crippen LogP contribution is -1.89. The molecule has 0 fully saturated rings. The lowest BCUT2D eigenvalue weighted by atomic mass is 10.0. The van der Waals surface area contributed by atoms with Crippen molar-refractivity contribution in [3.63, 3.8) is 0 Å². The number of anilines is 2. The molecule has 0 amide bonds. The predicted molar refractivity (Wildman–Crippen MR) is 102 cm³/mol. The Balaban J connectivity index is 0.000000447. The molecule has 4 rings (SSSR count). The molecule has 5 N–H and O–H groups in total. The van der Waals surface area contributed by atoms with Crippen molar-refractivity contribution in [2.24, 2.45) is 0 Å². The number of rotatable bonds is 1. The van der Waals surface area contributed by atoms with Crippen LogP contribution in [0.2, 0.25) is 0 Å². The van der Waals surface area contributed by atoms with E-state index in [9.17, 15) is 0 Å². The van der Waals surface area contributed by atoms with Crippen molar-refractivity contribution in [3.8, 4) is 11.1 Å². The van der Waals surface area contributed by atoms with Gasteiger partial charge in [0.15, 0.2) is 0 Å². The number of fused-ring (bicyclic) bond motifs is 2. The number of pyridine rings is 1. The highest BCUT2D eigenvalue weighted by molar-refractivity contribution is 6.00. The quantitative estimate of drug-likeness (QED) is 0.207. The Morgan fingerprint density at radius 3 is 2.23 bits per heavy atom. The fourth-order valence-corrected chi connectivity index (χ4v) is 2.78. The molecule has 0 aliphatic rings. The Bertz CT molecular complexity index is 1090. The minimum atomic E-state index is -1.50. The lowest BCUT2D eigenvalue weighted by molar-refractivity contribution is -0.742. The number of nitrogens with two attached hydrogens (primary N) is 2. The molecule has 130 valence electrons. The highest BCUT2D eigenvalue weighted by Crippen LogP contribution is 2.30. The van der Waals surface area contributed by atoms with Crippen LogP contribution in [0.3, 0.4) is 0 Å². The van der Waals surface area contributed by atoms with Crippen LogP contribution in [0.4, 0.5) is 11.4 Å². The number of para-hydroxylation sites is 1. The third kappa shape index (κ3) is 3.62. The minimum absolute atomic E-state index is 0.753. The van der Waals surface area contributed by atoms with Crippen molar-refractivity contribution < 1.29 is 10.3 Å². The van der Waals surface area contributed by atoms with Crippen LogP contribution in [0.5, 0.6) is 0 Å². The van der Waals surface area contributed by atoms with E-state index in [1.165, 1.54) is 0 Å². The van der Waals surface area contributed by atoms with Gasteiger partial charge in [-0.1, -0.05) is 30.3 Å². The molecule has 0 unspecified atom stereocenters. The van der Waals surface area contributed by atoms with E-state index in [1.807, 2.05) is 48.5 Å². The third-order valence-corrected chi connectivity index (χ3v) is 3.88. The van der Waals surface area contributed by atoms with Crippen LogP contribution in [0.15, 0.2) is 66.7 Å². The molecule has 7 nitrogen and oxygen atoms in total. The summed E-state index contributed by atoms with van der Waals surface area (Å²) in [5.41, 5.74) is 17.3. The van der Waals surface area contributed by atoms with E-state index in [-0.39, 0.29) is 0 Å². The molecular formula is C19H16N4O3. The second-order valence-electron chi connectivity index (χ2n) is 5.68. The fourth-order valence-electron chi connectivity index (χ4n) is 2.78. The van der Waals surface area contributed by atoms with E-state index in [4.69, 9.17) is 31.8 Å². The SMILES string of the molecule is Nc1ccc(-c2cccc3cc4cc(N)ccc4nc23)cc1.O=[N+]([O-])O. The molecule has 1 heterocycles. The monoisotopic (exact) mass is 348 g/mol. The van der Waals surface area contributed by atoms with E-state index >= 15 is 0 Å². The van der Waals surface area contributed by atoms with Crippen molar-refractivity contribution in [1.82, 2.24) is 4.98 Å². The van der Waals surface area contributed by atoms with Gasteiger partial charge in [0.25, 0.3) is 5.09 Å². The number of hydrogen-bond acceptors (Lipinski definition) is 5. The molecule has 4 aromatic rings. The summed E-state index contributed by atoms with van der Waals surface area (Å²) in [6.45, 7) is 0. The number of nitrogen functional groups attached to an aromatic ring is 2. The highest BCUT2D eigenvalue weighted by atomic mass is 16.9. The summed E-state index contributed by atoms with van der Waals surface area (Å²) in [7, 11) is 0. The fraction of sp³-hybridized carbons (Fsp3) is 0. The Hall–Kier alpha value is -3.87. The smallest absolute Gasteiger partial charge is 0.291 e. The zero-order valence-electron chi connectivity index (χ0n) is 13.7. The standard InChI is InChI=1S/C19H15N3.HNO3/c20-15-6-4-12(5-7-15)17-3-1-2-13-10-14-11-16(21)8-9-18(14)22-19(13)17;2-1(3)4/h1-11H,20-21H2;(H,2,3,4). The van der Waals surface area contributed by atoms with Crippen LogP contribution in [0.1, 0.15) is 0 Å². The summed E-state index contributed by atoms with van der Waals surface area (Å²) in [6, 6.07) is 22.0. The summed E-state index contributed by atoms with van der Waals surface area (Å²) >= 11 is 0. The maximum Gasteiger partial charge on any atom is 0.291 e. The van der Waals surface area contributed by atoms with E-state index in [2.05, 4.69) is 18.2 Å². The summed E-state index contributed by atoms with van der Waals surface area (Å²) in [5, 5.41) is 15.8. The van der Waals surface area contributed by atoms with Crippen LogP contribution in [0.25, 0.3) is 32.9 Å². The first-order chi connectivity index (χ1) is 12.4. The Morgan fingerprint density at radius 1 is 0.885 bits per heavy atom. The molecule has 0 atom stereocenters. The molecular weight excluding hydrogens is 332 g/mol. The van der Waals surface area contributed by atoms with E-state index in [0.717, 1.165) is 44.3 Å². The molecule has 0 aliphatic carbocycles. The zero-order chi connectivity index (χ0) is 18.7. The Labute approximate surface area is 148 Å². The van der Waals surface area contributed by atoms with Gasteiger partial charge in [-0.3, -0.25) is 0 Å². The van der Waals surface area contributed by atoms with Gasteiger partial charge in [-0.25, -0.2) is 4.98 Å². The Kier molecular flexibility index (Phi) is 4.53. The first-order valence-electron chi connectivity index (χ1n) is 7.72. The first kappa shape index (κ1) is 17.0. The van der Waals surface area contributed by atoms with Crippen LogP contribution >= 0.6 is 0 Å². The molecule has 0 aliphatic heterocycles. The molecule has 0 saturated heterocycles. The molecule has 3 aromatic carbocycles. The van der Waals surface area contributed by atoms with Gasteiger partial charge in [-0.15, -0.1) is 10.1 Å². The lowest BCUT2D eigenvalue weighted by Gasteiger charge is -2.08. The van der Waals surface area contributed by atoms with Gasteiger partial charge < -0.3 is 16.7 Å². The van der Waals surface area contributed by atoms with Crippen molar-refractivity contribution in [2.45, 2.75) is 0 Å². The first-order valence-corrected chi connectivity index (χ1v) is 7.72. The molecule has 0 bridgehead atoms. The van der Waals surface area contributed by atoms with Gasteiger partial charge in [0.2, 0.25) is 0 Å². The summed E-state index contributed by atoms with van der Waals surface area (Å²) in [5.74, 6) is 0. The van der Waals surface area contributed by atoms with Gasteiger partial charge in [-0.05, 0) is 42.0 Å². The van der Waals surface area contributed by atoms with Gasteiger partial charge in [0.05, 0.1) is 11.0 Å². The molecule has 1 aromatic heterocycles. The van der Waals surface area contributed by atoms with Crippen LogP contribution in [-0.2, 0) is 0 Å². The number of nitrogens with zero attached hydrogens (tertiary/aromatic N) is 2. The van der Waals surface area contributed by atoms with E-state index < -0.39 is 5.09 Å². The molecule has 0 saturated carbocycles. The second-order valence-corrected chi connectivity index (χ2v) is 5.68. The maximum atomic E-state index is 8.36. The zero-order valence-corrected chi connectivity index (χ0v) is 13.7. The van der Waals surface area contributed by atoms with E-state index in [0.29, 0.717) is 0 Å². The molecule has 26 heavy (non-hydrogen) atoms. The normalized spacial score (nSPS) is 10.3. The second kappa shape index (κ2) is 6.94. The van der Waals surface area contributed by atoms with Crippen LogP contribution in [-0.4, -0.2) is 15.3 Å². The van der Waals surface area contributed by atoms with Gasteiger partial charge >= 0.3 is 0 Å². The highest BCUT2D eigenvalue weighted by Gasteiger charge is 2.07. The molecule has 0 radical (unpaired) electrons. The number of benzene rings is 3. The molecule has 7 heteroatoms. The average Bonchev–Trinajstić information content (AvgIpc) is 2.60. The van der Waals surface area contributed by atoms with Gasteiger partial charge in [0.1, 0.15) is 0 Å². The Morgan fingerprint density at radius 2 is 1.54 bits per heavy atom.